The van der Waals surface area contributed by atoms with Crippen molar-refractivity contribution in [1.82, 2.24) is 20.6 Å². The van der Waals surface area contributed by atoms with Gasteiger partial charge in [-0.15, -0.1) is 5.10 Å². The number of hydrogen-bond donors (Lipinski definition) is 1. The van der Waals surface area contributed by atoms with E-state index in [4.69, 9.17) is 28.4 Å². The molecule has 0 amide bonds. The van der Waals surface area contributed by atoms with E-state index in [2.05, 4.69) is 20.6 Å². The van der Waals surface area contributed by atoms with E-state index in [0.717, 1.165) is 37.5 Å². The van der Waals surface area contributed by atoms with Crippen LogP contribution in [-0.2, 0) is 42.9 Å². The second-order valence-electron chi connectivity index (χ2n) is 9.04. The van der Waals surface area contributed by atoms with Gasteiger partial charge < -0.3 is 28.4 Å². The lowest BCUT2D eigenvalue weighted by atomic mass is 9.98. The second-order valence-corrected chi connectivity index (χ2v) is 9.04. The predicted octanol–water partition coefficient (Wildman–Crippen LogP) is 2.00. The van der Waals surface area contributed by atoms with Crippen LogP contribution in [0.2, 0.25) is 0 Å². The monoisotopic (exact) mass is 568 g/mol. The van der Waals surface area contributed by atoms with Gasteiger partial charge in [0.25, 0.3) is 0 Å². The van der Waals surface area contributed by atoms with Gasteiger partial charge in [-0.25, -0.2) is 5.10 Å². The van der Waals surface area contributed by atoms with Gasteiger partial charge in [0.2, 0.25) is 12.4 Å². The van der Waals surface area contributed by atoms with Gasteiger partial charge in [0.1, 0.15) is 18.5 Å². The molecule has 14 heteroatoms. The molecule has 1 fully saturated rings. The van der Waals surface area contributed by atoms with Crippen molar-refractivity contribution < 1.29 is 47.6 Å². The summed E-state index contributed by atoms with van der Waals surface area (Å²) in [5.41, 5.74) is 2.61. The predicted molar refractivity (Wildman–Crippen MR) is 138 cm³/mol. The second kappa shape index (κ2) is 13.0. The van der Waals surface area contributed by atoms with Crippen LogP contribution in [0.25, 0.3) is 22.5 Å². The number of benzene rings is 2. The van der Waals surface area contributed by atoms with E-state index >= 15 is 0 Å². The molecular weight excluding hydrogens is 540 g/mol. The maximum absolute atomic E-state index is 12.0. The zero-order valence-corrected chi connectivity index (χ0v) is 22.6. The van der Waals surface area contributed by atoms with Gasteiger partial charge in [0.05, 0.1) is 0 Å². The Hall–Kier alpha value is -4.85. The molecule has 0 unspecified atom stereocenters. The summed E-state index contributed by atoms with van der Waals surface area (Å²) in [4.78, 5) is 47.4. The third-order valence-corrected chi connectivity index (χ3v) is 5.89. The Balaban J connectivity index is 1.58. The summed E-state index contributed by atoms with van der Waals surface area (Å²) in [6, 6.07) is 14.5. The first-order valence-electron chi connectivity index (χ1n) is 12.5. The molecule has 216 valence electrons. The number of H-pyrrole nitrogens is 1. The fourth-order valence-electron chi connectivity index (χ4n) is 4.25. The van der Waals surface area contributed by atoms with E-state index in [1.165, 1.54) is 6.92 Å². The van der Waals surface area contributed by atoms with Crippen molar-refractivity contribution in [2.75, 3.05) is 6.61 Å². The van der Waals surface area contributed by atoms with Gasteiger partial charge in [0.15, 0.2) is 18.0 Å². The minimum absolute atomic E-state index is 0.332. The Morgan fingerprint density at radius 2 is 1.27 bits per heavy atom. The highest BCUT2D eigenvalue weighted by Gasteiger charge is 2.53. The Morgan fingerprint density at radius 1 is 0.732 bits per heavy atom. The van der Waals surface area contributed by atoms with Gasteiger partial charge in [-0.1, -0.05) is 36.4 Å². The Kier molecular flexibility index (Phi) is 9.24. The Bertz CT molecular complexity index is 1360. The molecule has 1 N–H and O–H groups in total. The van der Waals surface area contributed by atoms with E-state index in [1.807, 2.05) is 36.4 Å². The number of nitrogens with one attached hydrogen (secondary N) is 1. The molecular formula is C27H28N4O10. The SMILES string of the molecule is CC(=O)OC[C@H]1O[C@@H](Oc2ccc(-c3ccc(-c4nnn[nH]4)cc3)cc2)[C@@H](OC(C)=O)[C@@H](OC(C)=O)[C@@H]1OC(C)=O. The van der Waals surface area contributed by atoms with Gasteiger partial charge in [-0.2, -0.15) is 0 Å². The lowest BCUT2D eigenvalue weighted by molar-refractivity contribution is -0.288. The molecule has 0 radical (unpaired) electrons. The highest BCUT2D eigenvalue weighted by atomic mass is 16.7. The zero-order valence-electron chi connectivity index (χ0n) is 22.6. The first-order valence-corrected chi connectivity index (χ1v) is 12.5. The smallest absolute Gasteiger partial charge is 0.303 e. The average Bonchev–Trinajstić information content (AvgIpc) is 3.46. The molecule has 41 heavy (non-hydrogen) atoms. The fraction of sp³-hybridized carbons (Fsp3) is 0.370. The maximum Gasteiger partial charge on any atom is 0.303 e. The number of aromatic nitrogens is 4. The van der Waals surface area contributed by atoms with Crippen LogP contribution in [0, 0.1) is 0 Å². The molecule has 3 aromatic rings. The van der Waals surface area contributed by atoms with Crippen molar-refractivity contribution in [3.8, 4) is 28.3 Å². The van der Waals surface area contributed by atoms with E-state index in [1.54, 1.807) is 12.1 Å². The largest absolute Gasteiger partial charge is 0.463 e. The van der Waals surface area contributed by atoms with Crippen molar-refractivity contribution in [3.63, 3.8) is 0 Å². The summed E-state index contributed by atoms with van der Waals surface area (Å²) >= 11 is 0. The molecule has 2 heterocycles. The summed E-state index contributed by atoms with van der Waals surface area (Å²) in [5.74, 6) is -1.90. The fourth-order valence-corrected chi connectivity index (χ4v) is 4.25. The van der Waals surface area contributed by atoms with Crippen molar-refractivity contribution in [2.45, 2.75) is 58.4 Å². The number of tetrazole rings is 1. The van der Waals surface area contributed by atoms with Crippen molar-refractivity contribution in [1.29, 1.82) is 0 Å². The normalized spacial score (nSPS) is 21.8. The molecule has 2 aromatic carbocycles. The first kappa shape index (κ1) is 29.1. The number of aromatic amines is 1. The third kappa shape index (κ3) is 7.63. The molecule has 0 spiro atoms. The number of ether oxygens (including phenoxy) is 6. The highest BCUT2D eigenvalue weighted by Crippen LogP contribution is 2.32. The van der Waals surface area contributed by atoms with Crippen LogP contribution >= 0.6 is 0 Å². The number of rotatable bonds is 9. The summed E-state index contributed by atoms with van der Waals surface area (Å²) in [7, 11) is 0. The van der Waals surface area contributed by atoms with Crippen LogP contribution in [0.1, 0.15) is 27.7 Å². The minimum Gasteiger partial charge on any atom is -0.463 e. The molecule has 14 nitrogen and oxygen atoms in total. The van der Waals surface area contributed by atoms with Gasteiger partial charge in [-0.3, -0.25) is 19.2 Å². The molecule has 0 aliphatic carbocycles. The zero-order chi connectivity index (χ0) is 29.5. The summed E-state index contributed by atoms with van der Waals surface area (Å²) in [6.45, 7) is 4.31. The van der Waals surface area contributed by atoms with Crippen LogP contribution < -0.4 is 4.74 Å². The number of esters is 4. The molecule has 0 bridgehead atoms. The lowest BCUT2D eigenvalue weighted by Gasteiger charge is -2.43. The third-order valence-electron chi connectivity index (χ3n) is 5.89. The van der Waals surface area contributed by atoms with Crippen LogP contribution in [0.15, 0.2) is 48.5 Å². The Morgan fingerprint density at radius 3 is 1.80 bits per heavy atom. The van der Waals surface area contributed by atoms with Crippen LogP contribution in [0.3, 0.4) is 0 Å². The van der Waals surface area contributed by atoms with E-state index in [-0.39, 0.29) is 6.61 Å². The van der Waals surface area contributed by atoms with Crippen molar-refractivity contribution >= 4 is 23.9 Å². The maximum atomic E-state index is 12.0. The van der Waals surface area contributed by atoms with Gasteiger partial charge in [0, 0.05) is 33.3 Å². The van der Waals surface area contributed by atoms with Crippen LogP contribution in [0.4, 0.5) is 0 Å². The average molecular weight is 569 g/mol. The molecule has 1 aliphatic heterocycles. The van der Waals surface area contributed by atoms with E-state index < -0.39 is 54.6 Å². The molecule has 1 aromatic heterocycles. The molecule has 0 saturated carbocycles. The highest BCUT2D eigenvalue weighted by molar-refractivity contribution is 5.69. The quantitative estimate of drug-likeness (QED) is 0.293. The standard InChI is InChI=1S/C27H28N4O10/c1-14(32)36-13-22-23(37-15(2)33)24(38-16(3)34)25(39-17(4)35)27(41-22)40-21-11-9-19(10-12-21)18-5-7-20(8-6-18)26-28-30-31-29-26/h5-12,22-25,27H,13H2,1-4H3,(H,28,29,30,31)/t22-,23-,24+,25+,27-/m1/s1. The van der Waals surface area contributed by atoms with Crippen molar-refractivity contribution in [3.05, 3.63) is 48.5 Å². The molecule has 1 aliphatic rings. The van der Waals surface area contributed by atoms with Gasteiger partial charge >= 0.3 is 23.9 Å². The van der Waals surface area contributed by atoms with E-state index in [9.17, 15) is 19.2 Å². The summed E-state index contributed by atoms with van der Waals surface area (Å²) in [6.07, 6.45) is -6.35. The first-order chi connectivity index (χ1) is 19.6. The topological polar surface area (TPSA) is 178 Å². The summed E-state index contributed by atoms with van der Waals surface area (Å²) < 4.78 is 33.3. The molecule has 5 atom stereocenters. The van der Waals surface area contributed by atoms with Crippen LogP contribution in [0.5, 0.6) is 5.75 Å². The number of nitrogens with zero attached hydrogens (tertiary/aromatic N) is 3. The number of carbonyl (C=O) groups is 4. The minimum atomic E-state index is -1.33. The van der Waals surface area contributed by atoms with Crippen molar-refractivity contribution in [2.24, 2.45) is 0 Å². The van der Waals surface area contributed by atoms with E-state index in [0.29, 0.717) is 11.6 Å². The van der Waals surface area contributed by atoms with Gasteiger partial charge in [-0.05, 0) is 33.7 Å². The lowest BCUT2D eigenvalue weighted by Crippen LogP contribution is -2.63. The molecule has 4 rings (SSSR count). The molecule has 1 saturated heterocycles. The number of hydrogen-bond acceptors (Lipinski definition) is 13. The van der Waals surface area contributed by atoms with Crippen LogP contribution in [-0.4, -0.2) is 81.8 Å². The number of carbonyl (C=O) groups excluding carboxylic acids is 4. The Labute approximate surface area is 234 Å². The summed E-state index contributed by atoms with van der Waals surface area (Å²) in [5, 5.41) is 13.7.